The third-order valence-electron chi connectivity index (χ3n) is 4.16. The van der Waals surface area contributed by atoms with Crippen LogP contribution in [0.4, 0.5) is 14.5 Å². The quantitative estimate of drug-likeness (QED) is 0.727. The van der Waals surface area contributed by atoms with Crippen molar-refractivity contribution in [2.45, 2.75) is 40.2 Å². The van der Waals surface area contributed by atoms with Crippen molar-refractivity contribution < 1.29 is 18.1 Å². The molecule has 0 aliphatic heterocycles. The number of nitrogens with zero attached hydrogens (tertiary/aromatic N) is 3. The van der Waals surface area contributed by atoms with Crippen molar-refractivity contribution in [1.29, 1.82) is 0 Å². The van der Waals surface area contributed by atoms with Gasteiger partial charge in [-0.05, 0) is 37.6 Å². The second-order valence-electron chi connectivity index (χ2n) is 6.69. The Hall–Kier alpha value is -3.03. The molecule has 2 heterocycles. The first kappa shape index (κ1) is 18.8. The molecule has 1 amide bonds. The van der Waals surface area contributed by atoms with Crippen LogP contribution < -0.4 is 5.32 Å². The van der Waals surface area contributed by atoms with Gasteiger partial charge in [-0.1, -0.05) is 19.0 Å². The predicted molar refractivity (Wildman–Crippen MR) is 96.3 cm³/mol. The van der Waals surface area contributed by atoms with Gasteiger partial charge in [-0.3, -0.25) is 4.79 Å². The first-order chi connectivity index (χ1) is 12.8. The predicted octanol–water partition coefficient (Wildman–Crippen LogP) is 4.20. The van der Waals surface area contributed by atoms with Crippen molar-refractivity contribution in [2.75, 3.05) is 5.32 Å². The van der Waals surface area contributed by atoms with Crippen LogP contribution >= 0.6 is 0 Å². The lowest BCUT2D eigenvalue weighted by atomic mass is 10.2. The Labute approximate surface area is 155 Å². The molecule has 3 rings (SSSR count). The number of rotatable bonds is 5. The first-order valence-electron chi connectivity index (χ1n) is 8.52. The molecule has 1 N–H and O–H groups in total. The lowest BCUT2D eigenvalue weighted by Crippen LogP contribution is -2.20. The van der Waals surface area contributed by atoms with Crippen LogP contribution in [0.25, 0.3) is 11.6 Å². The topological polar surface area (TPSA) is 73.0 Å². The Morgan fingerprint density at radius 3 is 2.59 bits per heavy atom. The molecular weight excluding hydrogens is 354 g/mol. The molecule has 0 atom stereocenters. The van der Waals surface area contributed by atoms with E-state index in [2.05, 4.69) is 15.5 Å². The molecule has 0 spiro atoms. The molecule has 0 bridgehead atoms. The number of hydrogen-bond acceptors (Lipinski definition) is 4. The smallest absolute Gasteiger partial charge is 0.274 e. The SMILES string of the molecule is Cc1cc(C)n(CC(=O)Nc2ccc(F)c(F)c2)c1-c1nc(C(C)C)no1. The fraction of sp³-hybridized carbons (Fsp3) is 0.316. The number of halogens is 2. The highest BCUT2D eigenvalue weighted by Gasteiger charge is 2.21. The minimum Gasteiger partial charge on any atom is -0.332 e. The van der Waals surface area contributed by atoms with E-state index in [9.17, 15) is 13.6 Å². The van der Waals surface area contributed by atoms with Crippen LogP contribution in [0.3, 0.4) is 0 Å². The number of aryl methyl sites for hydroxylation is 2. The molecule has 3 aromatic rings. The van der Waals surface area contributed by atoms with Gasteiger partial charge in [0.2, 0.25) is 5.91 Å². The Bertz CT molecular complexity index is 992. The summed E-state index contributed by atoms with van der Waals surface area (Å²) in [4.78, 5) is 16.8. The van der Waals surface area contributed by atoms with E-state index in [0.29, 0.717) is 17.4 Å². The summed E-state index contributed by atoms with van der Waals surface area (Å²) < 4.78 is 33.5. The molecule has 6 nitrogen and oxygen atoms in total. The van der Waals surface area contributed by atoms with Crippen molar-refractivity contribution in [3.05, 3.63) is 53.0 Å². The molecule has 1 aromatic carbocycles. The minimum absolute atomic E-state index is 0.0343. The maximum atomic E-state index is 13.3. The van der Waals surface area contributed by atoms with Crippen LogP contribution in [0.5, 0.6) is 0 Å². The van der Waals surface area contributed by atoms with Gasteiger partial charge in [-0.15, -0.1) is 0 Å². The van der Waals surface area contributed by atoms with Gasteiger partial charge in [0.25, 0.3) is 5.89 Å². The van der Waals surface area contributed by atoms with Gasteiger partial charge >= 0.3 is 0 Å². The van der Waals surface area contributed by atoms with Crippen LogP contribution in [-0.2, 0) is 11.3 Å². The van der Waals surface area contributed by atoms with Gasteiger partial charge in [0, 0.05) is 23.4 Å². The second-order valence-corrected chi connectivity index (χ2v) is 6.69. The Morgan fingerprint density at radius 2 is 1.96 bits per heavy atom. The van der Waals surface area contributed by atoms with Gasteiger partial charge in [-0.2, -0.15) is 4.98 Å². The summed E-state index contributed by atoms with van der Waals surface area (Å²) >= 11 is 0. The summed E-state index contributed by atoms with van der Waals surface area (Å²) in [6.07, 6.45) is 0. The normalized spacial score (nSPS) is 11.2. The summed E-state index contributed by atoms with van der Waals surface area (Å²) in [6, 6.07) is 5.12. The van der Waals surface area contributed by atoms with E-state index in [1.54, 1.807) is 4.57 Å². The standard InChI is InChI=1S/C19H20F2N4O2/c1-10(2)18-23-19(27-24-18)17-11(3)7-12(4)25(17)9-16(26)22-13-5-6-14(20)15(21)8-13/h5-8,10H,9H2,1-4H3,(H,22,26). The lowest BCUT2D eigenvalue weighted by molar-refractivity contribution is -0.116. The number of carbonyl (C=O) groups is 1. The number of hydrogen-bond donors (Lipinski definition) is 1. The molecule has 0 saturated heterocycles. The van der Waals surface area contributed by atoms with Gasteiger partial charge in [0.1, 0.15) is 12.2 Å². The number of carbonyl (C=O) groups excluding carboxylic acids is 1. The number of aromatic nitrogens is 3. The van der Waals surface area contributed by atoms with Crippen LogP contribution in [0.1, 0.15) is 36.8 Å². The monoisotopic (exact) mass is 374 g/mol. The van der Waals surface area contributed by atoms with Crippen LogP contribution in [0.2, 0.25) is 0 Å². The minimum atomic E-state index is -1.02. The summed E-state index contributed by atoms with van der Waals surface area (Å²) in [5.41, 5.74) is 2.58. The van der Waals surface area contributed by atoms with E-state index in [0.717, 1.165) is 23.4 Å². The zero-order valence-corrected chi connectivity index (χ0v) is 15.5. The number of benzene rings is 1. The fourth-order valence-electron chi connectivity index (χ4n) is 2.82. The Morgan fingerprint density at radius 1 is 1.22 bits per heavy atom. The third kappa shape index (κ3) is 3.89. The molecule has 2 aromatic heterocycles. The third-order valence-corrected chi connectivity index (χ3v) is 4.16. The summed E-state index contributed by atoms with van der Waals surface area (Å²) in [6.45, 7) is 7.64. The highest BCUT2D eigenvalue weighted by atomic mass is 19.2. The molecule has 0 unspecified atom stereocenters. The maximum Gasteiger partial charge on any atom is 0.274 e. The molecule has 0 aliphatic rings. The van der Waals surface area contributed by atoms with Gasteiger partial charge in [0.15, 0.2) is 17.5 Å². The van der Waals surface area contributed by atoms with E-state index in [1.165, 1.54) is 6.07 Å². The average Bonchev–Trinajstić information content (AvgIpc) is 3.16. The molecule has 0 aliphatic carbocycles. The van der Waals surface area contributed by atoms with E-state index >= 15 is 0 Å². The molecule has 8 heteroatoms. The lowest BCUT2D eigenvalue weighted by Gasteiger charge is -2.11. The van der Waals surface area contributed by atoms with Crippen molar-refractivity contribution in [2.24, 2.45) is 0 Å². The van der Waals surface area contributed by atoms with Gasteiger partial charge in [0.05, 0.1) is 0 Å². The van der Waals surface area contributed by atoms with Crippen LogP contribution in [-0.4, -0.2) is 20.6 Å². The number of amides is 1. The van der Waals surface area contributed by atoms with E-state index in [-0.39, 0.29) is 24.1 Å². The number of nitrogens with one attached hydrogen (secondary N) is 1. The van der Waals surface area contributed by atoms with Gasteiger partial charge < -0.3 is 14.4 Å². The highest BCUT2D eigenvalue weighted by Crippen LogP contribution is 2.27. The van der Waals surface area contributed by atoms with Crippen LogP contribution in [0, 0.1) is 25.5 Å². The number of anilines is 1. The molecule has 0 radical (unpaired) electrons. The molecule has 27 heavy (non-hydrogen) atoms. The molecule has 0 saturated carbocycles. The first-order valence-corrected chi connectivity index (χ1v) is 8.52. The second kappa shape index (κ2) is 7.30. The highest BCUT2D eigenvalue weighted by molar-refractivity contribution is 5.91. The summed E-state index contributed by atoms with van der Waals surface area (Å²) in [7, 11) is 0. The molecule has 142 valence electrons. The van der Waals surface area contributed by atoms with Crippen molar-refractivity contribution in [3.63, 3.8) is 0 Å². The van der Waals surface area contributed by atoms with E-state index in [4.69, 9.17) is 4.52 Å². The average molecular weight is 374 g/mol. The summed E-state index contributed by atoms with van der Waals surface area (Å²) in [5, 5.41) is 6.54. The van der Waals surface area contributed by atoms with E-state index in [1.807, 2.05) is 33.8 Å². The zero-order chi connectivity index (χ0) is 19.7. The Balaban J connectivity index is 1.85. The Kier molecular flexibility index (Phi) is 5.07. The van der Waals surface area contributed by atoms with Gasteiger partial charge in [-0.25, -0.2) is 8.78 Å². The maximum absolute atomic E-state index is 13.3. The summed E-state index contributed by atoms with van der Waals surface area (Å²) in [5.74, 6) is -1.34. The van der Waals surface area contributed by atoms with Crippen molar-refractivity contribution >= 4 is 11.6 Å². The van der Waals surface area contributed by atoms with Crippen LogP contribution in [0.15, 0.2) is 28.8 Å². The zero-order valence-electron chi connectivity index (χ0n) is 15.5. The van der Waals surface area contributed by atoms with Crippen molar-refractivity contribution in [3.8, 4) is 11.6 Å². The van der Waals surface area contributed by atoms with E-state index < -0.39 is 11.6 Å². The molecule has 0 fully saturated rings. The largest absolute Gasteiger partial charge is 0.332 e. The molecular formula is C19H20F2N4O2. The van der Waals surface area contributed by atoms with Crippen molar-refractivity contribution in [1.82, 2.24) is 14.7 Å². The fourth-order valence-corrected chi connectivity index (χ4v) is 2.82.